The summed E-state index contributed by atoms with van der Waals surface area (Å²) in [6.45, 7) is 0.179. The van der Waals surface area contributed by atoms with E-state index in [4.69, 9.17) is 0 Å². The number of hydrazine groups is 1. The molecule has 0 bridgehead atoms. The van der Waals surface area contributed by atoms with E-state index in [9.17, 15) is 22.8 Å². The van der Waals surface area contributed by atoms with Crippen molar-refractivity contribution in [3.63, 3.8) is 0 Å². The van der Waals surface area contributed by atoms with Gasteiger partial charge in [0, 0.05) is 11.3 Å². The number of nitrogens with zero attached hydrogens (tertiary/aromatic N) is 1. The van der Waals surface area contributed by atoms with Crippen molar-refractivity contribution in [2.24, 2.45) is 0 Å². The van der Waals surface area contributed by atoms with Gasteiger partial charge in [-0.2, -0.15) is 13.2 Å². The fourth-order valence-corrected chi connectivity index (χ4v) is 3.25. The Labute approximate surface area is 170 Å². The van der Waals surface area contributed by atoms with Gasteiger partial charge in [-0.1, -0.05) is 36.4 Å². The van der Waals surface area contributed by atoms with Crippen molar-refractivity contribution >= 4 is 23.2 Å². The molecule has 2 N–H and O–H groups in total. The van der Waals surface area contributed by atoms with Crippen LogP contribution in [-0.4, -0.2) is 16.8 Å². The highest BCUT2D eigenvalue weighted by Gasteiger charge is 2.31. The average molecular weight is 411 g/mol. The highest BCUT2D eigenvalue weighted by molar-refractivity contribution is 6.04. The van der Waals surface area contributed by atoms with Gasteiger partial charge in [0.25, 0.3) is 11.8 Å². The van der Waals surface area contributed by atoms with E-state index in [2.05, 4.69) is 10.7 Å². The van der Waals surface area contributed by atoms with Gasteiger partial charge in [-0.25, -0.2) is 5.01 Å². The lowest BCUT2D eigenvalue weighted by Gasteiger charge is -2.29. The van der Waals surface area contributed by atoms with E-state index in [0.717, 1.165) is 12.1 Å². The van der Waals surface area contributed by atoms with Crippen molar-refractivity contribution in [2.45, 2.75) is 12.7 Å². The number of para-hydroxylation sites is 1. The predicted octanol–water partition coefficient (Wildman–Crippen LogP) is 4.75. The summed E-state index contributed by atoms with van der Waals surface area (Å²) < 4.78 is 39.0. The highest BCUT2D eigenvalue weighted by Crippen LogP contribution is 2.32. The van der Waals surface area contributed by atoms with Crippen LogP contribution in [0.1, 0.15) is 31.8 Å². The Morgan fingerprint density at radius 3 is 2.50 bits per heavy atom. The molecule has 0 saturated carbocycles. The summed E-state index contributed by atoms with van der Waals surface area (Å²) in [5.41, 5.74) is 3.71. The number of hydrogen-bond acceptors (Lipinski definition) is 3. The Morgan fingerprint density at radius 1 is 0.967 bits per heavy atom. The van der Waals surface area contributed by atoms with Crippen molar-refractivity contribution in [1.29, 1.82) is 0 Å². The molecule has 30 heavy (non-hydrogen) atoms. The van der Waals surface area contributed by atoms with E-state index >= 15 is 0 Å². The van der Waals surface area contributed by atoms with Crippen LogP contribution in [0.5, 0.6) is 0 Å². The zero-order valence-electron chi connectivity index (χ0n) is 15.5. The van der Waals surface area contributed by atoms with Crippen LogP contribution in [-0.2, 0) is 12.7 Å². The molecule has 4 rings (SSSR count). The van der Waals surface area contributed by atoms with Gasteiger partial charge in [-0.15, -0.1) is 0 Å². The molecule has 0 aromatic heterocycles. The van der Waals surface area contributed by atoms with Crippen LogP contribution in [0.4, 0.5) is 24.5 Å². The third-order valence-electron chi connectivity index (χ3n) is 4.70. The van der Waals surface area contributed by atoms with Gasteiger partial charge < -0.3 is 5.32 Å². The lowest BCUT2D eigenvalue weighted by Crippen LogP contribution is -2.49. The number of alkyl halides is 3. The first kappa shape index (κ1) is 19.5. The second kappa shape index (κ2) is 7.55. The quantitative estimate of drug-likeness (QED) is 0.654. The van der Waals surface area contributed by atoms with Gasteiger partial charge in [0.15, 0.2) is 0 Å². The molecule has 5 nitrogen and oxygen atoms in total. The van der Waals surface area contributed by atoms with E-state index in [1.165, 1.54) is 17.1 Å². The maximum atomic E-state index is 13.1. The molecular formula is C22H16F3N3O2. The molecule has 0 atom stereocenters. The van der Waals surface area contributed by atoms with E-state index in [0.29, 0.717) is 16.8 Å². The van der Waals surface area contributed by atoms with Crippen LogP contribution in [0.2, 0.25) is 0 Å². The predicted molar refractivity (Wildman–Crippen MR) is 105 cm³/mol. The number of nitrogens with one attached hydrogen (secondary N) is 2. The van der Waals surface area contributed by atoms with Gasteiger partial charge in [0.05, 0.1) is 23.4 Å². The molecule has 0 spiro atoms. The molecule has 3 aromatic rings. The number of anilines is 2. The van der Waals surface area contributed by atoms with E-state index in [1.54, 1.807) is 48.5 Å². The molecule has 0 unspecified atom stereocenters. The Hall–Kier alpha value is -3.81. The molecule has 1 aliphatic rings. The summed E-state index contributed by atoms with van der Waals surface area (Å²) in [6.07, 6.45) is -4.47. The molecule has 8 heteroatoms. The Morgan fingerprint density at radius 2 is 1.70 bits per heavy atom. The monoisotopic (exact) mass is 411 g/mol. The van der Waals surface area contributed by atoms with Crippen LogP contribution in [0, 0.1) is 0 Å². The van der Waals surface area contributed by atoms with Gasteiger partial charge >= 0.3 is 6.18 Å². The Bertz CT molecular complexity index is 1130. The summed E-state index contributed by atoms with van der Waals surface area (Å²) in [5.74, 6) is -0.874. The van der Waals surface area contributed by atoms with Crippen molar-refractivity contribution in [2.75, 3.05) is 5.32 Å². The zero-order valence-corrected chi connectivity index (χ0v) is 15.5. The number of fused-ring (bicyclic) bond motifs is 1. The largest absolute Gasteiger partial charge is 0.416 e. The summed E-state index contributed by atoms with van der Waals surface area (Å²) in [4.78, 5) is 25.4. The number of amides is 2. The maximum absolute atomic E-state index is 13.1. The topological polar surface area (TPSA) is 61.4 Å². The minimum Gasteiger partial charge on any atom is -0.355 e. The molecule has 1 heterocycles. The zero-order chi connectivity index (χ0) is 21.3. The number of carbonyl (C=O) groups excluding carboxylic acids is 2. The first-order valence-corrected chi connectivity index (χ1v) is 9.07. The molecule has 0 saturated heterocycles. The SMILES string of the molecule is O=C1NN(C(=O)c2ccccc2Nc2cccc(C(F)(F)F)c2)Cc2ccccc21. The van der Waals surface area contributed by atoms with Crippen LogP contribution < -0.4 is 10.7 Å². The summed E-state index contributed by atoms with van der Waals surface area (Å²) in [5, 5.41) is 4.07. The van der Waals surface area contributed by atoms with Crippen molar-refractivity contribution < 1.29 is 22.8 Å². The fraction of sp³-hybridized carbons (Fsp3) is 0.0909. The van der Waals surface area contributed by atoms with Crippen molar-refractivity contribution in [3.8, 4) is 0 Å². The lowest BCUT2D eigenvalue weighted by molar-refractivity contribution is -0.137. The molecule has 0 aliphatic carbocycles. The summed E-state index contributed by atoms with van der Waals surface area (Å²) in [7, 11) is 0. The Balaban J connectivity index is 1.61. The van der Waals surface area contributed by atoms with Gasteiger partial charge in [-0.05, 0) is 42.0 Å². The number of hydrogen-bond donors (Lipinski definition) is 2. The minimum absolute atomic E-state index is 0.179. The van der Waals surface area contributed by atoms with E-state index < -0.39 is 23.6 Å². The molecule has 0 radical (unpaired) electrons. The van der Waals surface area contributed by atoms with Crippen molar-refractivity contribution in [3.05, 3.63) is 95.1 Å². The number of halogens is 3. The second-order valence-electron chi connectivity index (χ2n) is 6.74. The molecule has 2 amide bonds. The Kier molecular flexibility index (Phi) is 4.91. The number of carbonyl (C=O) groups is 2. The van der Waals surface area contributed by atoms with Gasteiger partial charge in [0.1, 0.15) is 0 Å². The van der Waals surface area contributed by atoms with Crippen LogP contribution in [0.3, 0.4) is 0 Å². The highest BCUT2D eigenvalue weighted by atomic mass is 19.4. The summed E-state index contributed by atoms with van der Waals surface area (Å²) >= 11 is 0. The molecular weight excluding hydrogens is 395 g/mol. The second-order valence-corrected chi connectivity index (χ2v) is 6.74. The number of benzene rings is 3. The van der Waals surface area contributed by atoms with Crippen LogP contribution in [0.15, 0.2) is 72.8 Å². The fourth-order valence-electron chi connectivity index (χ4n) is 3.25. The maximum Gasteiger partial charge on any atom is 0.416 e. The molecule has 1 aliphatic heterocycles. The first-order valence-electron chi connectivity index (χ1n) is 9.07. The molecule has 3 aromatic carbocycles. The van der Waals surface area contributed by atoms with Crippen LogP contribution in [0.25, 0.3) is 0 Å². The third-order valence-corrected chi connectivity index (χ3v) is 4.70. The third kappa shape index (κ3) is 3.84. The number of rotatable bonds is 3. The standard InChI is InChI=1S/C22H16F3N3O2/c23-22(24,25)15-7-5-8-16(12-15)26-19-11-4-3-10-18(19)21(30)28-13-14-6-1-2-9-17(14)20(29)27-28/h1-12,26H,13H2,(H,27,29). The summed E-state index contributed by atoms with van der Waals surface area (Å²) in [6, 6.07) is 18.1. The first-order chi connectivity index (χ1) is 14.3. The lowest BCUT2D eigenvalue weighted by atomic mass is 10.0. The normalized spacial score (nSPS) is 13.4. The van der Waals surface area contributed by atoms with E-state index in [-0.39, 0.29) is 17.8 Å². The smallest absolute Gasteiger partial charge is 0.355 e. The van der Waals surface area contributed by atoms with E-state index in [1.807, 2.05) is 0 Å². The van der Waals surface area contributed by atoms with Gasteiger partial charge in [-0.3, -0.25) is 15.0 Å². The van der Waals surface area contributed by atoms with Gasteiger partial charge in [0.2, 0.25) is 0 Å². The van der Waals surface area contributed by atoms with Crippen LogP contribution >= 0.6 is 0 Å². The molecule has 0 fully saturated rings. The molecule has 152 valence electrons. The minimum atomic E-state index is -4.47. The average Bonchev–Trinajstić information content (AvgIpc) is 2.73. The van der Waals surface area contributed by atoms with Crippen molar-refractivity contribution in [1.82, 2.24) is 10.4 Å².